The zero-order valence-corrected chi connectivity index (χ0v) is 10.6. The first-order valence-corrected chi connectivity index (χ1v) is 5.67. The van der Waals surface area contributed by atoms with Crippen molar-refractivity contribution in [1.29, 1.82) is 0 Å². The van der Waals surface area contributed by atoms with E-state index < -0.39 is 0 Å². The SMILES string of the molecule is Cc1ccoc1C(C)NCCC(C)(C)C. The molecule has 2 nitrogen and oxygen atoms in total. The van der Waals surface area contributed by atoms with E-state index in [9.17, 15) is 0 Å². The van der Waals surface area contributed by atoms with Crippen molar-refractivity contribution < 1.29 is 4.42 Å². The normalized spacial score (nSPS) is 14.2. The number of hydrogen-bond donors (Lipinski definition) is 1. The van der Waals surface area contributed by atoms with E-state index >= 15 is 0 Å². The van der Waals surface area contributed by atoms with Crippen LogP contribution in [0.4, 0.5) is 0 Å². The van der Waals surface area contributed by atoms with E-state index in [1.165, 1.54) is 12.0 Å². The Labute approximate surface area is 93.1 Å². The van der Waals surface area contributed by atoms with Gasteiger partial charge in [-0.1, -0.05) is 20.8 Å². The standard InChI is InChI=1S/C13H23NO/c1-10-6-9-15-12(10)11(2)14-8-7-13(3,4)5/h6,9,11,14H,7-8H2,1-5H3. The summed E-state index contributed by atoms with van der Waals surface area (Å²) in [5.41, 5.74) is 1.62. The largest absolute Gasteiger partial charge is 0.467 e. The Morgan fingerprint density at radius 1 is 1.40 bits per heavy atom. The highest BCUT2D eigenvalue weighted by atomic mass is 16.3. The van der Waals surface area contributed by atoms with Gasteiger partial charge >= 0.3 is 0 Å². The first kappa shape index (κ1) is 12.3. The van der Waals surface area contributed by atoms with Crippen LogP contribution in [-0.4, -0.2) is 6.54 Å². The van der Waals surface area contributed by atoms with Gasteiger partial charge in [-0.25, -0.2) is 0 Å². The lowest BCUT2D eigenvalue weighted by molar-refractivity contribution is 0.345. The van der Waals surface area contributed by atoms with Gasteiger partial charge < -0.3 is 9.73 Å². The fourth-order valence-corrected chi connectivity index (χ4v) is 1.58. The molecule has 86 valence electrons. The molecule has 0 amide bonds. The number of hydrogen-bond acceptors (Lipinski definition) is 2. The van der Waals surface area contributed by atoms with E-state index in [1.807, 2.05) is 6.07 Å². The number of nitrogens with one attached hydrogen (secondary N) is 1. The number of rotatable bonds is 4. The molecule has 15 heavy (non-hydrogen) atoms. The quantitative estimate of drug-likeness (QED) is 0.818. The molecular formula is C13H23NO. The summed E-state index contributed by atoms with van der Waals surface area (Å²) >= 11 is 0. The van der Waals surface area contributed by atoms with Crippen LogP contribution in [0.25, 0.3) is 0 Å². The molecule has 1 rings (SSSR count). The van der Waals surface area contributed by atoms with E-state index in [0.29, 0.717) is 11.5 Å². The molecule has 0 aliphatic heterocycles. The summed E-state index contributed by atoms with van der Waals surface area (Å²) in [6, 6.07) is 2.32. The predicted molar refractivity (Wildman–Crippen MR) is 63.9 cm³/mol. The molecule has 1 unspecified atom stereocenters. The van der Waals surface area contributed by atoms with Crippen LogP contribution >= 0.6 is 0 Å². The Kier molecular flexibility index (Phi) is 3.97. The molecule has 0 saturated heterocycles. The molecule has 0 aliphatic rings. The first-order chi connectivity index (χ1) is 6.90. The summed E-state index contributed by atoms with van der Waals surface area (Å²) in [5, 5.41) is 3.49. The number of furan rings is 1. The Morgan fingerprint density at radius 2 is 2.07 bits per heavy atom. The highest BCUT2D eigenvalue weighted by Gasteiger charge is 2.13. The first-order valence-electron chi connectivity index (χ1n) is 5.67. The van der Waals surface area contributed by atoms with Gasteiger partial charge in [0.15, 0.2) is 0 Å². The lowest BCUT2D eigenvalue weighted by Gasteiger charge is -2.20. The van der Waals surface area contributed by atoms with Gasteiger partial charge in [-0.05, 0) is 43.9 Å². The maximum absolute atomic E-state index is 5.45. The predicted octanol–water partition coefficient (Wildman–Crippen LogP) is 3.67. The third-order valence-electron chi connectivity index (χ3n) is 2.62. The Morgan fingerprint density at radius 3 is 2.53 bits per heavy atom. The summed E-state index contributed by atoms with van der Waals surface area (Å²) in [4.78, 5) is 0. The fourth-order valence-electron chi connectivity index (χ4n) is 1.58. The number of aryl methyl sites for hydroxylation is 1. The monoisotopic (exact) mass is 209 g/mol. The second kappa shape index (κ2) is 4.84. The van der Waals surface area contributed by atoms with E-state index in [1.54, 1.807) is 6.26 Å². The van der Waals surface area contributed by atoms with Crippen molar-refractivity contribution in [2.75, 3.05) is 6.54 Å². The van der Waals surface area contributed by atoms with Crippen molar-refractivity contribution in [3.05, 3.63) is 23.7 Å². The van der Waals surface area contributed by atoms with Crippen LogP contribution < -0.4 is 5.32 Å². The van der Waals surface area contributed by atoms with Gasteiger partial charge in [0.1, 0.15) is 5.76 Å². The molecular weight excluding hydrogens is 186 g/mol. The highest BCUT2D eigenvalue weighted by molar-refractivity contribution is 5.17. The van der Waals surface area contributed by atoms with Crippen molar-refractivity contribution >= 4 is 0 Å². The lowest BCUT2D eigenvalue weighted by Crippen LogP contribution is -2.23. The van der Waals surface area contributed by atoms with Crippen LogP contribution in [-0.2, 0) is 0 Å². The average Bonchev–Trinajstić information content (AvgIpc) is 2.48. The molecule has 0 fully saturated rings. The fraction of sp³-hybridized carbons (Fsp3) is 0.692. The van der Waals surface area contributed by atoms with Crippen molar-refractivity contribution in [3.8, 4) is 0 Å². The Bertz CT molecular complexity index is 296. The van der Waals surface area contributed by atoms with Crippen molar-refractivity contribution in [2.45, 2.75) is 47.1 Å². The third-order valence-corrected chi connectivity index (χ3v) is 2.62. The van der Waals surface area contributed by atoms with Gasteiger partial charge in [-0.2, -0.15) is 0 Å². The van der Waals surface area contributed by atoms with Crippen LogP contribution in [0.1, 0.15) is 51.5 Å². The van der Waals surface area contributed by atoms with Crippen LogP contribution in [0.3, 0.4) is 0 Å². The molecule has 1 aromatic heterocycles. The van der Waals surface area contributed by atoms with Gasteiger partial charge in [0.05, 0.1) is 12.3 Å². The van der Waals surface area contributed by atoms with Crippen LogP contribution in [0.15, 0.2) is 16.7 Å². The minimum atomic E-state index is 0.308. The van der Waals surface area contributed by atoms with Gasteiger partial charge in [0.25, 0.3) is 0 Å². The topological polar surface area (TPSA) is 25.2 Å². The highest BCUT2D eigenvalue weighted by Crippen LogP contribution is 2.20. The molecule has 1 aromatic rings. The van der Waals surface area contributed by atoms with Crippen LogP contribution in [0, 0.1) is 12.3 Å². The van der Waals surface area contributed by atoms with Crippen LogP contribution in [0.5, 0.6) is 0 Å². The summed E-state index contributed by atoms with van der Waals surface area (Å²) in [6.07, 6.45) is 2.93. The smallest absolute Gasteiger partial charge is 0.123 e. The van der Waals surface area contributed by atoms with E-state index in [0.717, 1.165) is 12.3 Å². The van der Waals surface area contributed by atoms with E-state index in [4.69, 9.17) is 4.42 Å². The molecule has 0 saturated carbocycles. The summed E-state index contributed by atoms with van der Waals surface area (Å²) in [6.45, 7) is 12.0. The third kappa shape index (κ3) is 4.08. The van der Waals surface area contributed by atoms with Crippen LogP contribution in [0.2, 0.25) is 0 Å². The van der Waals surface area contributed by atoms with Gasteiger partial charge in [-0.15, -0.1) is 0 Å². The molecule has 1 atom stereocenters. The van der Waals surface area contributed by atoms with Crippen molar-refractivity contribution in [3.63, 3.8) is 0 Å². The van der Waals surface area contributed by atoms with E-state index in [-0.39, 0.29) is 0 Å². The lowest BCUT2D eigenvalue weighted by atomic mass is 9.92. The minimum absolute atomic E-state index is 0.308. The molecule has 0 spiro atoms. The zero-order chi connectivity index (χ0) is 11.5. The molecule has 0 aliphatic carbocycles. The second-order valence-electron chi connectivity index (χ2n) is 5.45. The van der Waals surface area contributed by atoms with Gasteiger partial charge in [0.2, 0.25) is 0 Å². The Balaban J connectivity index is 2.37. The summed E-state index contributed by atoms with van der Waals surface area (Å²) < 4.78 is 5.45. The van der Waals surface area contributed by atoms with Crippen molar-refractivity contribution in [1.82, 2.24) is 5.32 Å². The van der Waals surface area contributed by atoms with E-state index in [2.05, 4.69) is 39.9 Å². The molecule has 1 heterocycles. The average molecular weight is 209 g/mol. The molecule has 0 aromatic carbocycles. The summed E-state index contributed by atoms with van der Waals surface area (Å²) in [5.74, 6) is 1.06. The maximum atomic E-state index is 5.45. The Hall–Kier alpha value is -0.760. The molecule has 0 bridgehead atoms. The minimum Gasteiger partial charge on any atom is -0.467 e. The maximum Gasteiger partial charge on any atom is 0.123 e. The molecule has 2 heteroatoms. The van der Waals surface area contributed by atoms with Crippen molar-refractivity contribution in [2.24, 2.45) is 5.41 Å². The zero-order valence-electron chi connectivity index (χ0n) is 10.6. The molecule has 1 N–H and O–H groups in total. The van der Waals surface area contributed by atoms with Gasteiger partial charge in [-0.3, -0.25) is 0 Å². The second-order valence-corrected chi connectivity index (χ2v) is 5.45. The molecule has 0 radical (unpaired) electrons. The summed E-state index contributed by atoms with van der Waals surface area (Å²) in [7, 11) is 0. The van der Waals surface area contributed by atoms with Gasteiger partial charge in [0, 0.05) is 0 Å².